The molecule has 0 aromatic heterocycles. The number of halogens is 2. The van der Waals surface area contributed by atoms with E-state index in [1.165, 1.54) is 12.1 Å². The molecule has 1 unspecified atom stereocenters. The van der Waals surface area contributed by atoms with Crippen molar-refractivity contribution in [3.8, 4) is 0 Å². The summed E-state index contributed by atoms with van der Waals surface area (Å²) in [6, 6.07) is 4.01. The molecule has 1 saturated carbocycles. The first-order valence-corrected chi connectivity index (χ1v) is 7.28. The van der Waals surface area contributed by atoms with Crippen molar-refractivity contribution in [3.05, 3.63) is 34.6 Å². The van der Waals surface area contributed by atoms with Crippen molar-refractivity contribution in [1.29, 1.82) is 0 Å². The summed E-state index contributed by atoms with van der Waals surface area (Å²) in [7, 11) is 0. The molecule has 0 bridgehead atoms. The van der Waals surface area contributed by atoms with Crippen molar-refractivity contribution in [2.45, 2.75) is 19.3 Å². The number of piperidine rings is 1. The fraction of sp³-hybridized carbons (Fsp3) is 0.467. The topological polar surface area (TPSA) is 57.6 Å². The van der Waals surface area contributed by atoms with E-state index in [0.717, 1.165) is 6.07 Å². The van der Waals surface area contributed by atoms with Gasteiger partial charge in [-0.2, -0.15) is 0 Å². The zero-order valence-corrected chi connectivity index (χ0v) is 12.1. The summed E-state index contributed by atoms with van der Waals surface area (Å²) in [5.41, 5.74) is -0.123. The van der Waals surface area contributed by atoms with Crippen molar-refractivity contribution in [1.82, 2.24) is 4.90 Å². The molecule has 1 N–H and O–H groups in total. The van der Waals surface area contributed by atoms with Gasteiger partial charge in [0.05, 0.1) is 11.5 Å². The number of hydrogen-bond acceptors (Lipinski definition) is 2. The van der Waals surface area contributed by atoms with Crippen LogP contribution in [0.1, 0.15) is 29.6 Å². The Morgan fingerprint density at radius 1 is 1.33 bits per heavy atom. The minimum Gasteiger partial charge on any atom is -0.481 e. The lowest BCUT2D eigenvalue weighted by atomic mass is 9.90. The van der Waals surface area contributed by atoms with E-state index in [2.05, 4.69) is 0 Å². The van der Waals surface area contributed by atoms with Crippen molar-refractivity contribution < 1.29 is 19.1 Å². The summed E-state index contributed by atoms with van der Waals surface area (Å²) < 4.78 is 13.8. The van der Waals surface area contributed by atoms with Crippen LogP contribution in [0.2, 0.25) is 5.02 Å². The molecule has 1 aromatic carbocycles. The standard InChI is InChI=1S/C15H15ClFNO3/c16-9-1-2-10(12(17)7-9)13(19)18-5-3-15(4-6-18)8-11(15)14(20)21/h1-2,7,11H,3-6,8H2,(H,20,21). The molecule has 0 radical (unpaired) electrons. The zero-order valence-electron chi connectivity index (χ0n) is 11.3. The first kappa shape index (κ1) is 14.3. The third-order valence-electron chi connectivity index (χ3n) is 4.70. The lowest BCUT2D eigenvalue weighted by Crippen LogP contribution is -2.40. The summed E-state index contributed by atoms with van der Waals surface area (Å²) in [6.45, 7) is 0.954. The molecule has 1 spiro atoms. The molecule has 1 saturated heterocycles. The predicted octanol–water partition coefficient (Wildman–Crippen LogP) is 2.81. The van der Waals surface area contributed by atoms with Gasteiger partial charge in [0.1, 0.15) is 5.82 Å². The molecular weight excluding hydrogens is 297 g/mol. The number of carboxylic acids is 1. The largest absolute Gasteiger partial charge is 0.481 e. The van der Waals surface area contributed by atoms with Crippen LogP contribution in [0.15, 0.2) is 18.2 Å². The first-order valence-electron chi connectivity index (χ1n) is 6.90. The van der Waals surface area contributed by atoms with E-state index in [-0.39, 0.29) is 27.8 Å². The Kier molecular flexibility index (Phi) is 3.40. The Morgan fingerprint density at radius 2 is 2.00 bits per heavy atom. The number of aliphatic carboxylic acids is 1. The molecule has 1 atom stereocenters. The van der Waals surface area contributed by atoms with E-state index in [1.807, 2.05) is 0 Å². The second kappa shape index (κ2) is 4.98. The van der Waals surface area contributed by atoms with Gasteiger partial charge >= 0.3 is 5.97 Å². The van der Waals surface area contributed by atoms with E-state index >= 15 is 0 Å². The third-order valence-corrected chi connectivity index (χ3v) is 4.93. The van der Waals surface area contributed by atoms with E-state index in [1.54, 1.807) is 4.90 Å². The van der Waals surface area contributed by atoms with Gasteiger partial charge in [0.2, 0.25) is 0 Å². The van der Waals surface area contributed by atoms with Crippen LogP contribution in [0.25, 0.3) is 0 Å². The number of likely N-dealkylation sites (tertiary alicyclic amines) is 1. The van der Waals surface area contributed by atoms with Crippen LogP contribution in [0.5, 0.6) is 0 Å². The van der Waals surface area contributed by atoms with Crippen molar-refractivity contribution in [2.75, 3.05) is 13.1 Å². The Hall–Kier alpha value is -1.62. The average molecular weight is 312 g/mol. The first-order chi connectivity index (χ1) is 9.93. The average Bonchev–Trinajstić information content (AvgIpc) is 3.13. The number of benzene rings is 1. The SMILES string of the molecule is O=C(O)C1CC12CCN(C(=O)c1ccc(Cl)cc1F)CC2. The maximum Gasteiger partial charge on any atom is 0.307 e. The van der Waals surface area contributed by atoms with Crippen LogP contribution in [-0.2, 0) is 4.79 Å². The van der Waals surface area contributed by atoms with Gasteiger partial charge in [0, 0.05) is 18.1 Å². The smallest absolute Gasteiger partial charge is 0.307 e. The van der Waals surface area contributed by atoms with Crippen molar-refractivity contribution in [3.63, 3.8) is 0 Å². The van der Waals surface area contributed by atoms with Gasteiger partial charge in [-0.1, -0.05) is 11.6 Å². The normalized spacial score (nSPS) is 23.1. The number of carbonyl (C=O) groups excluding carboxylic acids is 1. The second-order valence-corrected chi connectivity index (χ2v) is 6.31. The number of nitrogens with zero attached hydrogens (tertiary/aromatic N) is 1. The Morgan fingerprint density at radius 3 is 2.52 bits per heavy atom. The molecule has 4 nitrogen and oxygen atoms in total. The molecule has 1 aromatic rings. The lowest BCUT2D eigenvalue weighted by molar-refractivity contribution is -0.139. The zero-order chi connectivity index (χ0) is 15.2. The Balaban J connectivity index is 1.67. The maximum atomic E-state index is 13.8. The summed E-state index contributed by atoms with van der Waals surface area (Å²) >= 11 is 5.68. The van der Waals surface area contributed by atoms with E-state index in [4.69, 9.17) is 16.7 Å². The molecule has 1 amide bonds. The van der Waals surface area contributed by atoms with Gasteiger partial charge in [0.25, 0.3) is 5.91 Å². The quantitative estimate of drug-likeness (QED) is 0.913. The third kappa shape index (κ3) is 2.50. The van der Waals surface area contributed by atoms with Gasteiger partial charge in [-0.15, -0.1) is 0 Å². The summed E-state index contributed by atoms with van der Waals surface area (Å²) in [6.07, 6.45) is 2.04. The Bertz CT molecular complexity index is 611. The monoisotopic (exact) mass is 311 g/mol. The lowest BCUT2D eigenvalue weighted by Gasteiger charge is -2.32. The van der Waals surface area contributed by atoms with Gasteiger partial charge in [-0.25, -0.2) is 4.39 Å². The van der Waals surface area contributed by atoms with Crippen LogP contribution < -0.4 is 0 Å². The van der Waals surface area contributed by atoms with Crippen LogP contribution in [-0.4, -0.2) is 35.0 Å². The van der Waals surface area contributed by atoms with Crippen molar-refractivity contribution >= 4 is 23.5 Å². The minimum atomic E-state index is -0.751. The molecule has 2 aliphatic rings. The molecule has 1 aliphatic heterocycles. The summed E-state index contributed by atoms with van der Waals surface area (Å²) in [4.78, 5) is 24.9. The molecule has 21 heavy (non-hydrogen) atoms. The highest BCUT2D eigenvalue weighted by molar-refractivity contribution is 6.30. The van der Waals surface area contributed by atoms with E-state index in [0.29, 0.717) is 32.4 Å². The summed E-state index contributed by atoms with van der Waals surface area (Å²) in [5.74, 6) is -2.00. The highest BCUT2D eigenvalue weighted by atomic mass is 35.5. The highest BCUT2D eigenvalue weighted by Crippen LogP contribution is 2.59. The van der Waals surface area contributed by atoms with Gasteiger partial charge in [-0.05, 0) is 42.9 Å². The van der Waals surface area contributed by atoms with Gasteiger partial charge < -0.3 is 10.0 Å². The van der Waals surface area contributed by atoms with E-state index in [9.17, 15) is 14.0 Å². The van der Waals surface area contributed by atoms with Gasteiger partial charge in [-0.3, -0.25) is 9.59 Å². The van der Waals surface area contributed by atoms with Crippen LogP contribution >= 0.6 is 11.6 Å². The molecular formula is C15H15ClFNO3. The molecule has 3 rings (SSSR count). The minimum absolute atomic E-state index is 0.0148. The molecule has 112 valence electrons. The van der Waals surface area contributed by atoms with Crippen LogP contribution in [0.4, 0.5) is 4.39 Å². The van der Waals surface area contributed by atoms with Crippen LogP contribution in [0.3, 0.4) is 0 Å². The fourth-order valence-electron chi connectivity index (χ4n) is 3.24. The molecule has 1 aliphatic carbocycles. The van der Waals surface area contributed by atoms with Crippen LogP contribution in [0, 0.1) is 17.2 Å². The molecule has 2 fully saturated rings. The van der Waals surface area contributed by atoms with E-state index < -0.39 is 11.8 Å². The highest BCUT2D eigenvalue weighted by Gasteiger charge is 2.59. The second-order valence-electron chi connectivity index (χ2n) is 5.87. The fourth-order valence-corrected chi connectivity index (χ4v) is 3.40. The number of carbonyl (C=O) groups is 2. The number of rotatable bonds is 2. The summed E-state index contributed by atoms with van der Waals surface area (Å²) in [5, 5.41) is 9.30. The maximum absolute atomic E-state index is 13.8. The molecule has 6 heteroatoms. The number of hydrogen-bond donors (Lipinski definition) is 1. The number of carboxylic acid groups (broad SMARTS) is 1. The van der Waals surface area contributed by atoms with Gasteiger partial charge in [0.15, 0.2) is 0 Å². The Labute approximate surface area is 126 Å². The van der Waals surface area contributed by atoms with Crippen molar-refractivity contribution in [2.24, 2.45) is 11.3 Å². The predicted molar refractivity (Wildman–Crippen MR) is 74.7 cm³/mol. The molecule has 1 heterocycles. The number of amides is 1.